The largest absolute Gasteiger partial charge is 0.325 e. The molecular weight excluding hydrogens is 361 g/mol. The molecule has 0 aromatic heterocycles. The Labute approximate surface area is 156 Å². The number of anilines is 2. The number of aryl methyl sites for hydroxylation is 1. The Morgan fingerprint density at radius 2 is 1.48 bits per heavy atom. The van der Waals surface area contributed by atoms with Crippen molar-refractivity contribution < 1.29 is 9.59 Å². The van der Waals surface area contributed by atoms with Crippen LogP contribution in [-0.4, -0.2) is 36.9 Å². The minimum Gasteiger partial charge on any atom is -0.325 e. The highest BCUT2D eigenvalue weighted by Gasteiger charge is 2.12. The molecule has 2 N–H and O–H groups in total. The fraction of sp³-hybridized carbons (Fsp3) is 0.222. The van der Waals surface area contributed by atoms with E-state index in [4.69, 9.17) is 23.2 Å². The lowest BCUT2D eigenvalue weighted by Gasteiger charge is -2.16. The predicted octanol–water partition coefficient (Wildman–Crippen LogP) is 3.81. The number of rotatable bonds is 6. The quantitative estimate of drug-likeness (QED) is 0.801. The predicted molar refractivity (Wildman–Crippen MR) is 102 cm³/mol. The summed E-state index contributed by atoms with van der Waals surface area (Å²) < 4.78 is 0. The molecule has 132 valence electrons. The summed E-state index contributed by atoms with van der Waals surface area (Å²) >= 11 is 11.7. The molecule has 0 saturated carbocycles. The van der Waals surface area contributed by atoms with Gasteiger partial charge in [0.05, 0.1) is 13.1 Å². The van der Waals surface area contributed by atoms with Crippen LogP contribution < -0.4 is 10.6 Å². The Morgan fingerprint density at radius 1 is 0.920 bits per heavy atom. The highest BCUT2D eigenvalue weighted by Crippen LogP contribution is 2.19. The summed E-state index contributed by atoms with van der Waals surface area (Å²) in [6.07, 6.45) is 0. The highest BCUT2D eigenvalue weighted by atomic mass is 35.5. The van der Waals surface area contributed by atoms with Crippen LogP contribution in [0.4, 0.5) is 11.4 Å². The number of nitrogens with one attached hydrogen (secondary N) is 2. The summed E-state index contributed by atoms with van der Waals surface area (Å²) in [7, 11) is 1.70. The van der Waals surface area contributed by atoms with E-state index in [2.05, 4.69) is 10.6 Å². The van der Waals surface area contributed by atoms with Crippen LogP contribution in [0, 0.1) is 6.92 Å². The van der Waals surface area contributed by atoms with Crippen LogP contribution in [-0.2, 0) is 9.59 Å². The second-order valence-electron chi connectivity index (χ2n) is 5.73. The summed E-state index contributed by atoms with van der Waals surface area (Å²) in [5.41, 5.74) is 2.24. The van der Waals surface area contributed by atoms with E-state index < -0.39 is 0 Å². The first-order chi connectivity index (χ1) is 11.8. The minimum atomic E-state index is -0.208. The second-order valence-corrected chi connectivity index (χ2v) is 6.61. The van der Waals surface area contributed by atoms with Gasteiger partial charge in [0.1, 0.15) is 0 Å². The van der Waals surface area contributed by atoms with E-state index in [1.54, 1.807) is 54.4 Å². The van der Waals surface area contributed by atoms with E-state index in [-0.39, 0.29) is 24.9 Å². The molecule has 0 aliphatic heterocycles. The molecule has 0 aliphatic rings. The number of amides is 2. The molecule has 7 heteroatoms. The number of nitrogens with zero attached hydrogens (tertiary/aromatic N) is 1. The molecule has 0 spiro atoms. The average molecular weight is 380 g/mol. The molecule has 0 unspecified atom stereocenters. The van der Waals surface area contributed by atoms with Crippen LogP contribution in [0.1, 0.15) is 5.56 Å². The van der Waals surface area contributed by atoms with Crippen molar-refractivity contribution in [3.05, 3.63) is 58.1 Å². The third-order valence-electron chi connectivity index (χ3n) is 3.42. The summed E-state index contributed by atoms with van der Waals surface area (Å²) in [6.45, 7) is 2.05. The zero-order valence-electron chi connectivity index (χ0n) is 14.0. The second kappa shape index (κ2) is 8.85. The Kier molecular flexibility index (Phi) is 6.82. The monoisotopic (exact) mass is 379 g/mol. The van der Waals surface area contributed by atoms with E-state index in [1.807, 2.05) is 6.92 Å². The molecule has 0 atom stereocenters. The molecule has 0 heterocycles. The fourth-order valence-corrected chi connectivity index (χ4v) is 2.59. The van der Waals surface area contributed by atoms with Gasteiger partial charge in [0.15, 0.2) is 0 Å². The number of hydrogen-bond donors (Lipinski definition) is 2. The molecule has 0 aliphatic carbocycles. The minimum absolute atomic E-state index is 0.0929. The maximum Gasteiger partial charge on any atom is 0.238 e. The molecule has 5 nitrogen and oxygen atoms in total. The summed E-state index contributed by atoms with van der Waals surface area (Å²) in [5.74, 6) is -0.410. The lowest BCUT2D eigenvalue weighted by molar-refractivity contribution is -0.119. The smallest absolute Gasteiger partial charge is 0.238 e. The van der Waals surface area contributed by atoms with Gasteiger partial charge in [0.2, 0.25) is 11.8 Å². The fourth-order valence-electron chi connectivity index (χ4n) is 2.24. The lowest BCUT2D eigenvalue weighted by atomic mass is 10.2. The Hall–Kier alpha value is -2.08. The molecule has 2 aromatic rings. The first-order valence-electron chi connectivity index (χ1n) is 7.63. The van der Waals surface area contributed by atoms with Gasteiger partial charge in [-0.25, -0.2) is 0 Å². The van der Waals surface area contributed by atoms with Gasteiger partial charge in [0.25, 0.3) is 0 Å². The van der Waals surface area contributed by atoms with Gasteiger partial charge >= 0.3 is 0 Å². The standard InChI is InChI=1S/C18H19Cl2N3O2/c1-12-9-14(20)5-8-16(12)22-18(25)11-23(2)10-17(24)21-15-6-3-13(19)4-7-15/h3-9H,10-11H2,1-2H3,(H,21,24)(H,22,25). The van der Waals surface area contributed by atoms with Crippen LogP contribution >= 0.6 is 23.2 Å². The molecule has 0 radical (unpaired) electrons. The number of carbonyl (C=O) groups excluding carboxylic acids is 2. The third-order valence-corrected chi connectivity index (χ3v) is 3.90. The van der Waals surface area contributed by atoms with E-state index in [1.165, 1.54) is 0 Å². The van der Waals surface area contributed by atoms with Gasteiger partial charge in [-0.3, -0.25) is 14.5 Å². The molecule has 0 fully saturated rings. The van der Waals surface area contributed by atoms with E-state index in [0.29, 0.717) is 21.4 Å². The molecule has 25 heavy (non-hydrogen) atoms. The molecule has 2 rings (SSSR count). The Bertz CT molecular complexity index is 763. The van der Waals surface area contributed by atoms with Crippen LogP contribution in [0.25, 0.3) is 0 Å². The van der Waals surface area contributed by atoms with Gasteiger partial charge in [-0.1, -0.05) is 23.2 Å². The van der Waals surface area contributed by atoms with Crippen molar-refractivity contribution in [2.75, 3.05) is 30.8 Å². The van der Waals surface area contributed by atoms with Crippen molar-refractivity contribution in [1.82, 2.24) is 4.90 Å². The van der Waals surface area contributed by atoms with E-state index in [9.17, 15) is 9.59 Å². The first kappa shape index (κ1) is 19.2. The van der Waals surface area contributed by atoms with Crippen molar-refractivity contribution >= 4 is 46.4 Å². The van der Waals surface area contributed by atoms with Crippen molar-refractivity contribution in [3.63, 3.8) is 0 Å². The number of halogens is 2. The molecular formula is C18H19Cl2N3O2. The number of hydrogen-bond acceptors (Lipinski definition) is 3. The Morgan fingerprint density at radius 3 is 2.08 bits per heavy atom. The third kappa shape index (κ3) is 6.38. The zero-order chi connectivity index (χ0) is 18.4. The van der Waals surface area contributed by atoms with Crippen LogP contribution in [0.5, 0.6) is 0 Å². The van der Waals surface area contributed by atoms with Crippen LogP contribution in [0.15, 0.2) is 42.5 Å². The topological polar surface area (TPSA) is 61.4 Å². The summed E-state index contributed by atoms with van der Waals surface area (Å²) in [4.78, 5) is 25.7. The van der Waals surface area contributed by atoms with E-state index in [0.717, 1.165) is 5.56 Å². The summed E-state index contributed by atoms with van der Waals surface area (Å²) in [5, 5.41) is 6.78. The molecule has 2 amide bonds. The molecule has 0 saturated heterocycles. The molecule has 2 aromatic carbocycles. The van der Waals surface area contributed by atoms with Gasteiger partial charge in [-0.05, 0) is 62.0 Å². The highest BCUT2D eigenvalue weighted by molar-refractivity contribution is 6.31. The van der Waals surface area contributed by atoms with Gasteiger partial charge < -0.3 is 10.6 Å². The summed E-state index contributed by atoms with van der Waals surface area (Å²) in [6, 6.07) is 12.1. The normalized spacial score (nSPS) is 10.6. The SMILES string of the molecule is Cc1cc(Cl)ccc1NC(=O)CN(C)CC(=O)Nc1ccc(Cl)cc1. The number of carbonyl (C=O) groups is 2. The average Bonchev–Trinajstić information content (AvgIpc) is 2.52. The zero-order valence-corrected chi connectivity index (χ0v) is 15.5. The van der Waals surface area contributed by atoms with Crippen molar-refractivity contribution in [3.8, 4) is 0 Å². The maximum absolute atomic E-state index is 12.1. The van der Waals surface area contributed by atoms with Crippen molar-refractivity contribution in [1.29, 1.82) is 0 Å². The number of likely N-dealkylation sites (N-methyl/N-ethyl adjacent to an activating group) is 1. The van der Waals surface area contributed by atoms with Crippen LogP contribution in [0.3, 0.4) is 0 Å². The Balaban J connectivity index is 1.82. The van der Waals surface area contributed by atoms with Crippen molar-refractivity contribution in [2.24, 2.45) is 0 Å². The first-order valence-corrected chi connectivity index (χ1v) is 8.39. The van der Waals surface area contributed by atoms with Gasteiger partial charge in [-0.15, -0.1) is 0 Å². The maximum atomic E-state index is 12.1. The lowest BCUT2D eigenvalue weighted by Crippen LogP contribution is -2.36. The van der Waals surface area contributed by atoms with Gasteiger partial charge in [-0.2, -0.15) is 0 Å². The van der Waals surface area contributed by atoms with E-state index >= 15 is 0 Å². The van der Waals surface area contributed by atoms with Crippen LogP contribution in [0.2, 0.25) is 10.0 Å². The van der Waals surface area contributed by atoms with Gasteiger partial charge in [0, 0.05) is 21.4 Å². The number of benzene rings is 2. The van der Waals surface area contributed by atoms with Crippen molar-refractivity contribution in [2.45, 2.75) is 6.92 Å². The molecule has 0 bridgehead atoms.